The summed E-state index contributed by atoms with van der Waals surface area (Å²) in [5.74, 6) is 1.40. The van der Waals surface area contributed by atoms with Crippen molar-refractivity contribution in [3.8, 4) is 17.6 Å². The van der Waals surface area contributed by atoms with Gasteiger partial charge in [-0.3, -0.25) is 0 Å². The molecule has 0 amide bonds. The number of hydrogen-bond acceptors (Lipinski definition) is 3. The number of nitrogens with one attached hydrogen (secondary N) is 1. The molecule has 108 valence electrons. The van der Waals surface area contributed by atoms with Gasteiger partial charge in [0.05, 0.1) is 11.6 Å². The Balaban J connectivity index is 2.18. The highest BCUT2D eigenvalue weighted by atomic mass is 79.9. The molecule has 0 fully saturated rings. The van der Waals surface area contributed by atoms with Crippen LogP contribution in [0.3, 0.4) is 0 Å². The van der Waals surface area contributed by atoms with Crippen molar-refractivity contribution < 1.29 is 4.74 Å². The Morgan fingerprint density at radius 3 is 2.67 bits per heavy atom. The topological polar surface area (TPSA) is 45.0 Å². The standard InChI is InChI=1S/C17H17BrN2O/c1-3-20-12(2)16-8-7-15(10-17(16)18)21-14-6-4-5-13(9-14)11-19/h4-10,12,20H,3H2,1-2H3. The Morgan fingerprint density at radius 1 is 1.24 bits per heavy atom. The average molecular weight is 345 g/mol. The quantitative estimate of drug-likeness (QED) is 0.848. The van der Waals surface area contributed by atoms with Crippen molar-refractivity contribution in [3.05, 3.63) is 58.1 Å². The van der Waals surface area contributed by atoms with Crippen molar-refractivity contribution in [1.29, 1.82) is 5.26 Å². The lowest BCUT2D eigenvalue weighted by atomic mass is 10.1. The van der Waals surface area contributed by atoms with Crippen LogP contribution in [-0.2, 0) is 0 Å². The molecular formula is C17H17BrN2O. The van der Waals surface area contributed by atoms with Gasteiger partial charge in [0, 0.05) is 10.5 Å². The van der Waals surface area contributed by atoms with Crippen molar-refractivity contribution in [2.75, 3.05) is 6.54 Å². The van der Waals surface area contributed by atoms with E-state index < -0.39 is 0 Å². The van der Waals surface area contributed by atoms with E-state index in [1.54, 1.807) is 12.1 Å². The van der Waals surface area contributed by atoms with E-state index >= 15 is 0 Å². The first-order chi connectivity index (χ1) is 10.1. The SMILES string of the molecule is CCNC(C)c1ccc(Oc2cccc(C#N)c2)cc1Br. The highest BCUT2D eigenvalue weighted by molar-refractivity contribution is 9.10. The molecule has 0 bridgehead atoms. The van der Waals surface area contributed by atoms with E-state index in [1.165, 1.54) is 5.56 Å². The largest absolute Gasteiger partial charge is 0.457 e. The number of hydrogen-bond donors (Lipinski definition) is 1. The molecule has 2 aromatic carbocycles. The Bertz CT molecular complexity index is 664. The van der Waals surface area contributed by atoms with Crippen LogP contribution in [0.5, 0.6) is 11.5 Å². The highest BCUT2D eigenvalue weighted by Crippen LogP contribution is 2.30. The van der Waals surface area contributed by atoms with Crippen LogP contribution < -0.4 is 10.1 Å². The number of rotatable bonds is 5. The molecule has 0 aliphatic carbocycles. The molecule has 21 heavy (non-hydrogen) atoms. The van der Waals surface area contributed by atoms with Gasteiger partial charge >= 0.3 is 0 Å². The Labute approximate surface area is 133 Å². The summed E-state index contributed by atoms with van der Waals surface area (Å²) < 4.78 is 6.80. The second-order valence-electron chi connectivity index (χ2n) is 4.70. The minimum absolute atomic E-state index is 0.278. The zero-order valence-corrected chi connectivity index (χ0v) is 13.6. The summed E-state index contributed by atoms with van der Waals surface area (Å²) in [5.41, 5.74) is 1.78. The fourth-order valence-corrected chi connectivity index (χ4v) is 2.81. The zero-order valence-electron chi connectivity index (χ0n) is 12.1. The summed E-state index contributed by atoms with van der Waals surface area (Å²) in [6.07, 6.45) is 0. The molecule has 4 heteroatoms. The van der Waals surface area contributed by atoms with E-state index in [0.717, 1.165) is 16.8 Å². The second kappa shape index (κ2) is 7.26. The predicted octanol–water partition coefficient (Wildman–Crippen LogP) is 4.78. The molecule has 0 aromatic heterocycles. The van der Waals surface area contributed by atoms with Crippen LogP contribution in [-0.4, -0.2) is 6.54 Å². The fourth-order valence-electron chi connectivity index (χ4n) is 2.10. The van der Waals surface area contributed by atoms with Gasteiger partial charge in [-0.15, -0.1) is 0 Å². The Kier molecular flexibility index (Phi) is 5.38. The lowest BCUT2D eigenvalue weighted by Crippen LogP contribution is -2.17. The molecule has 2 rings (SSSR count). The second-order valence-corrected chi connectivity index (χ2v) is 5.56. The highest BCUT2D eigenvalue weighted by Gasteiger charge is 2.09. The van der Waals surface area contributed by atoms with Gasteiger partial charge in [0.25, 0.3) is 0 Å². The Morgan fingerprint density at radius 2 is 2.00 bits per heavy atom. The van der Waals surface area contributed by atoms with Crippen molar-refractivity contribution in [2.45, 2.75) is 19.9 Å². The van der Waals surface area contributed by atoms with Gasteiger partial charge in [0.15, 0.2) is 0 Å². The van der Waals surface area contributed by atoms with Crippen molar-refractivity contribution in [2.24, 2.45) is 0 Å². The molecule has 2 aromatic rings. The van der Waals surface area contributed by atoms with Crippen LogP contribution in [0.25, 0.3) is 0 Å². The predicted molar refractivity (Wildman–Crippen MR) is 87.5 cm³/mol. The lowest BCUT2D eigenvalue weighted by molar-refractivity contribution is 0.481. The van der Waals surface area contributed by atoms with E-state index in [0.29, 0.717) is 11.3 Å². The first kappa shape index (κ1) is 15.6. The van der Waals surface area contributed by atoms with E-state index in [9.17, 15) is 0 Å². The first-order valence-electron chi connectivity index (χ1n) is 6.85. The van der Waals surface area contributed by atoms with Gasteiger partial charge in [-0.05, 0) is 49.4 Å². The lowest BCUT2D eigenvalue weighted by Gasteiger charge is -2.15. The monoisotopic (exact) mass is 344 g/mol. The molecule has 0 aliphatic rings. The molecule has 0 saturated heterocycles. The third-order valence-electron chi connectivity index (χ3n) is 3.15. The number of nitriles is 1. The molecule has 0 spiro atoms. The van der Waals surface area contributed by atoms with Gasteiger partial charge in [-0.25, -0.2) is 0 Å². The summed E-state index contributed by atoms with van der Waals surface area (Å²) in [7, 11) is 0. The van der Waals surface area contributed by atoms with Crippen LogP contribution in [0.4, 0.5) is 0 Å². The van der Waals surface area contributed by atoms with Gasteiger partial charge in [0.1, 0.15) is 11.5 Å². The van der Waals surface area contributed by atoms with Gasteiger partial charge < -0.3 is 10.1 Å². The third kappa shape index (κ3) is 4.07. The van der Waals surface area contributed by atoms with Crippen LogP contribution >= 0.6 is 15.9 Å². The summed E-state index contributed by atoms with van der Waals surface area (Å²) in [6, 6.07) is 15.4. The van der Waals surface area contributed by atoms with Crippen LogP contribution in [0.15, 0.2) is 46.9 Å². The molecule has 0 heterocycles. The molecular weight excluding hydrogens is 328 g/mol. The number of halogens is 1. The summed E-state index contributed by atoms with van der Waals surface area (Å²) in [6.45, 7) is 5.14. The van der Waals surface area contributed by atoms with Crippen LogP contribution in [0.2, 0.25) is 0 Å². The maximum atomic E-state index is 8.90. The summed E-state index contributed by atoms with van der Waals surface area (Å²) >= 11 is 3.59. The van der Waals surface area contributed by atoms with Crippen molar-refractivity contribution in [1.82, 2.24) is 5.32 Å². The first-order valence-corrected chi connectivity index (χ1v) is 7.64. The number of nitrogens with zero attached hydrogens (tertiary/aromatic N) is 1. The fraction of sp³-hybridized carbons (Fsp3) is 0.235. The van der Waals surface area contributed by atoms with Crippen molar-refractivity contribution >= 4 is 15.9 Å². The molecule has 1 N–H and O–H groups in total. The molecule has 0 aliphatic heterocycles. The minimum Gasteiger partial charge on any atom is -0.457 e. The summed E-state index contributed by atoms with van der Waals surface area (Å²) in [5, 5.41) is 12.3. The maximum Gasteiger partial charge on any atom is 0.128 e. The van der Waals surface area contributed by atoms with Crippen LogP contribution in [0.1, 0.15) is 31.0 Å². The minimum atomic E-state index is 0.278. The molecule has 3 nitrogen and oxygen atoms in total. The maximum absolute atomic E-state index is 8.90. The van der Waals surface area contributed by atoms with E-state index in [2.05, 4.69) is 41.2 Å². The van der Waals surface area contributed by atoms with Crippen LogP contribution in [0, 0.1) is 11.3 Å². The number of ether oxygens (including phenoxy) is 1. The number of benzene rings is 2. The van der Waals surface area contributed by atoms with Gasteiger partial charge in [-0.1, -0.05) is 35.0 Å². The van der Waals surface area contributed by atoms with Gasteiger partial charge in [0.2, 0.25) is 0 Å². The third-order valence-corrected chi connectivity index (χ3v) is 3.83. The molecule has 0 saturated carbocycles. The van der Waals surface area contributed by atoms with Crippen molar-refractivity contribution in [3.63, 3.8) is 0 Å². The molecule has 1 atom stereocenters. The average Bonchev–Trinajstić information content (AvgIpc) is 2.47. The smallest absolute Gasteiger partial charge is 0.128 e. The van der Waals surface area contributed by atoms with E-state index in [-0.39, 0.29) is 6.04 Å². The van der Waals surface area contributed by atoms with E-state index in [4.69, 9.17) is 10.00 Å². The zero-order chi connectivity index (χ0) is 15.2. The molecule has 0 radical (unpaired) electrons. The van der Waals surface area contributed by atoms with Gasteiger partial charge in [-0.2, -0.15) is 5.26 Å². The normalized spacial score (nSPS) is 11.7. The summed E-state index contributed by atoms with van der Waals surface area (Å²) in [4.78, 5) is 0. The Hall–Kier alpha value is -1.83. The molecule has 1 unspecified atom stereocenters. The van der Waals surface area contributed by atoms with E-state index in [1.807, 2.05) is 30.3 Å².